The van der Waals surface area contributed by atoms with Crippen LogP contribution in [0.5, 0.6) is 0 Å². The smallest absolute Gasteiger partial charge is 0.321 e. The molecule has 0 rings (SSSR count). The van der Waals surface area contributed by atoms with Gasteiger partial charge in [0.2, 0.25) is 0 Å². The van der Waals surface area contributed by atoms with Crippen LogP contribution in [-0.4, -0.2) is 16.4 Å². The van der Waals surface area contributed by atoms with E-state index in [0.717, 1.165) is 12.8 Å². The second-order valence-corrected chi connectivity index (χ2v) is 7.51. The first-order valence-corrected chi connectivity index (χ1v) is 10.0. The van der Waals surface area contributed by atoms with Crippen molar-refractivity contribution in [1.82, 2.24) is 0 Å². The van der Waals surface area contributed by atoms with Crippen molar-refractivity contribution < 1.29 is 14.3 Å². The fourth-order valence-electron chi connectivity index (χ4n) is 1.81. The summed E-state index contributed by atoms with van der Waals surface area (Å²) in [5.41, 5.74) is 0. The summed E-state index contributed by atoms with van der Waals surface area (Å²) in [5.74, 6) is 0. The first-order valence-electron chi connectivity index (χ1n) is 7.41. The number of rotatable bonds is 13. The lowest BCUT2D eigenvalue weighted by atomic mass is 10.1. The van der Waals surface area contributed by atoms with E-state index in [4.69, 9.17) is 14.3 Å². The van der Waals surface area contributed by atoms with Crippen molar-refractivity contribution in [3.05, 3.63) is 12.2 Å². The van der Waals surface area contributed by atoms with Crippen LogP contribution in [0.4, 0.5) is 0 Å². The topological polar surface area (TPSA) is 49.7 Å². The average Bonchev–Trinajstić information content (AvgIpc) is 2.34. The van der Waals surface area contributed by atoms with E-state index in [1.165, 1.54) is 51.4 Å². The summed E-state index contributed by atoms with van der Waals surface area (Å²) in [6.07, 6.45) is 16.5. The highest BCUT2D eigenvalue weighted by Gasteiger charge is 2.05. The molecule has 0 amide bonds. The lowest BCUT2D eigenvalue weighted by molar-refractivity contribution is 0.245. The quantitative estimate of drug-likeness (QED) is 0.294. The summed E-state index contributed by atoms with van der Waals surface area (Å²) in [6.45, 7) is -0.838. The van der Waals surface area contributed by atoms with Crippen LogP contribution in [0, 0.1) is 0 Å². The number of unbranched alkanes of at least 4 members (excludes halogenated alkanes) is 8. The molecule has 0 saturated carbocycles. The van der Waals surface area contributed by atoms with E-state index >= 15 is 0 Å². The van der Waals surface area contributed by atoms with Gasteiger partial charge in [0.25, 0.3) is 0 Å². The predicted octanol–water partition coefficient (Wildman–Crippen LogP) is 4.69. The normalized spacial score (nSPS) is 12.4. The van der Waals surface area contributed by atoms with Crippen LogP contribution in [0.2, 0.25) is 0 Å². The minimum atomic E-state index is -3.42. The summed E-state index contributed by atoms with van der Waals surface area (Å²) in [4.78, 5) is 17.7. The summed E-state index contributed by atoms with van der Waals surface area (Å²) in [7, 11) is 0. The van der Waals surface area contributed by atoms with Gasteiger partial charge < -0.3 is 14.3 Å². The molecule has 0 spiro atoms. The molecule has 0 aromatic carbocycles. The van der Waals surface area contributed by atoms with Crippen molar-refractivity contribution in [3.63, 3.8) is 0 Å². The lowest BCUT2D eigenvalue weighted by Crippen LogP contribution is -1.91. The van der Waals surface area contributed by atoms with Crippen LogP contribution in [0.1, 0.15) is 71.1 Å². The van der Waals surface area contributed by atoms with Gasteiger partial charge in [0.15, 0.2) is 0 Å². The fourth-order valence-corrected chi connectivity index (χ4v) is 2.40. The molecule has 114 valence electrons. The molecule has 19 heavy (non-hydrogen) atoms. The maximum Gasteiger partial charge on any atom is 0.321 e. The lowest BCUT2D eigenvalue weighted by Gasteiger charge is -2.07. The molecule has 2 N–H and O–H groups in total. The third-order valence-corrected chi connectivity index (χ3v) is 3.75. The van der Waals surface area contributed by atoms with Crippen molar-refractivity contribution in [2.45, 2.75) is 71.1 Å². The number of allylic oxidation sites excluding steroid dienone is 2. The molecule has 0 atom stereocenters. The van der Waals surface area contributed by atoms with E-state index in [1.54, 1.807) is 0 Å². The Labute approximate surface area is 123 Å². The first-order chi connectivity index (χ1) is 9.06. The van der Waals surface area contributed by atoms with Crippen molar-refractivity contribution in [2.75, 3.05) is 6.61 Å². The molecule has 0 unspecified atom stereocenters. The molecule has 0 saturated heterocycles. The highest BCUT2D eigenvalue weighted by molar-refractivity contribution is 8.06. The maximum atomic E-state index is 8.85. The van der Waals surface area contributed by atoms with Gasteiger partial charge in [-0.2, -0.15) is 0 Å². The molecule has 0 aliphatic heterocycles. The molecule has 3 nitrogen and oxygen atoms in total. The average molecular weight is 308 g/mol. The Morgan fingerprint density at radius 3 is 2.00 bits per heavy atom. The van der Waals surface area contributed by atoms with Crippen LogP contribution in [0.15, 0.2) is 12.2 Å². The molecule has 5 heteroatoms. The Morgan fingerprint density at radius 1 is 0.895 bits per heavy atom. The molecule has 0 aliphatic rings. The zero-order chi connectivity index (χ0) is 14.4. The summed E-state index contributed by atoms with van der Waals surface area (Å²) >= 11 is 4.36. The highest BCUT2D eigenvalue weighted by atomic mass is 32.5. The Morgan fingerprint density at radius 2 is 1.42 bits per heavy atom. The standard InChI is InChI=1S/C14H29O3PS/c1-2-3-4-5-6-7-8-9-10-11-12-13-14-17-18(15,16)19/h5-6H,2-4,7-14H2,1H3,(H2,15,16,19)/b6-5-. The monoisotopic (exact) mass is 308 g/mol. The van der Waals surface area contributed by atoms with Crippen LogP contribution >= 0.6 is 6.72 Å². The van der Waals surface area contributed by atoms with Crippen molar-refractivity contribution in [1.29, 1.82) is 0 Å². The Hall–Kier alpha value is 0.270. The minimum absolute atomic E-state index is 0.366. The van der Waals surface area contributed by atoms with Gasteiger partial charge in [0.1, 0.15) is 0 Å². The van der Waals surface area contributed by atoms with Crippen molar-refractivity contribution >= 4 is 18.5 Å². The molecule has 0 heterocycles. The SMILES string of the molecule is CCCC/C=C\CCCCCCCCOP(O)(O)=S. The Kier molecular flexibility index (Phi) is 13.5. The van der Waals surface area contributed by atoms with Crippen molar-refractivity contribution in [2.24, 2.45) is 0 Å². The van der Waals surface area contributed by atoms with Gasteiger partial charge in [-0.05, 0) is 37.5 Å². The van der Waals surface area contributed by atoms with E-state index in [1.807, 2.05) is 0 Å². The molecule has 0 bridgehead atoms. The summed E-state index contributed by atoms with van der Waals surface area (Å²) in [6, 6.07) is 0. The van der Waals surface area contributed by atoms with Gasteiger partial charge in [-0.1, -0.05) is 57.6 Å². The molecular formula is C14H29O3PS. The number of hydrogen-bond acceptors (Lipinski definition) is 2. The van der Waals surface area contributed by atoms with Crippen LogP contribution < -0.4 is 0 Å². The largest absolute Gasteiger partial charge is 0.325 e. The third kappa shape index (κ3) is 18.3. The second-order valence-electron chi connectivity index (χ2n) is 4.85. The van der Waals surface area contributed by atoms with Crippen LogP contribution in [0.25, 0.3) is 0 Å². The first kappa shape index (κ1) is 19.3. The number of hydrogen-bond donors (Lipinski definition) is 2. The van der Waals surface area contributed by atoms with Crippen molar-refractivity contribution in [3.8, 4) is 0 Å². The van der Waals surface area contributed by atoms with Crippen LogP contribution in [0.3, 0.4) is 0 Å². The van der Waals surface area contributed by atoms with E-state index in [-0.39, 0.29) is 0 Å². The van der Waals surface area contributed by atoms with Gasteiger partial charge >= 0.3 is 6.72 Å². The zero-order valence-corrected chi connectivity index (χ0v) is 13.8. The van der Waals surface area contributed by atoms with E-state index in [2.05, 4.69) is 30.9 Å². The summed E-state index contributed by atoms with van der Waals surface area (Å²) in [5, 5.41) is 0. The van der Waals surface area contributed by atoms with Crippen LogP contribution in [-0.2, 0) is 16.3 Å². The van der Waals surface area contributed by atoms with Gasteiger partial charge in [0, 0.05) is 0 Å². The van der Waals surface area contributed by atoms with E-state index in [0.29, 0.717) is 6.61 Å². The minimum Gasteiger partial charge on any atom is -0.325 e. The Bertz CT molecular complexity index is 263. The van der Waals surface area contributed by atoms with Gasteiger partial charge in [-0.3, -0.25) is 0 Å². The second kappa shape index (κ2) is 13.3. The van der Waals surface area contributed by atoms with E-state index < -0.39 is 6.72 Å². The Balaban J connectivity index is 3.11. The van der Waals surface area contributed by atoms with E-state index in [9.17, 15) is 0 Å². The maximum absolute atomic E-state index is 8.85. The third-order valence-electron chi connectivity index (χ3n) is 2.92. The molecule has 0 fully saturated rings. The molecule has 0 radical (unpaired) electrons. The molecule has 0 aromatic heterocycles. The summed E-state index contributed by atoms with van der Waals surface area (Å²) < 4.78 is 4.75. The molecule has 0 aromatic rings. The van der Waals surface area contributed by atoms with Gasteiger partial charge in [-0.25, -0.2) is 0 Å². The predicted molar refractivity (Wildman–Crippen MR) is 85.7 cm³/mol. The van der Waals surface area contributed by atoms with Gasteiger partial charge in [0.05, 0.1) is 6.61 Å². The fraction of sp³-hybridized carbons (Fsp3) is 0.857. The molecular weight excluding hydrogens is 279 g/mol. The molecule has 0 aliphatic carbocycles. The highest BCUT2D eigenvalue weighted by Crippen LogP contribution is 2.36. The zero-order valence-electron chi connectivity index (χ0n) is 12.1. The van der Waals surface area contributed by atoms with Gasteiger partial charge in [-0.15, -0.1) is 0 Å².